The second-order valence-corrected chi connectivity index (χ2v) is 6.51. The standard InChI is InChI=1S/C13H13BrN3OS.BrH/c14-11-3-1-10(2-4-11)13(18)5-16-8-15-17(9-16)12-6-19-7-12;/h1-4,8-9,12H,5-7H2;1H/q+1;/p-1. The molecule has 3 rings (SSSR count). The number of rotatable bonds is 4. The summed E-state index contributed by atoms with van der Waals surface area (Å²) < 4.78 is 4.77. The minimum atomic E-state index is 0. The molecule has 0 N–H and O–H groups in total. The Morgan fingerprint density at radius 3 is 2.70 bits per heavy atom. The molecule has 0 aliphatic carbocycles. The Kier molecular flexibility index (Phi) is 5.40. The number of Topliss-reactive ketones (excluding diaryl/α,β-unsaturated/α-hetero) is 1. The van der Waals surface area contributed by atoms with Crippen LogP contribution >= 0.6 is 27.7 Å². The molecule has 20 heavy (non-hydrogen) atoms. The van der Waals surface area contributed by atoms with Crippen LogP contribution in [-0.2, 0) is 6.54 Å². The first-order chi connectivity index (χ1) is 9.22. The van der Waals surface area contributed by atoms with Gasteiger partial charge in [0, 0.05) is 26.6 Å². The Bertz CT molecular complexity index is 596. The van der Waals surface area contributed by atoms with Crippen LogP contribution in [0.3, 0.4) is 0 Å². The Balaban J connectivity index is 0.00000147. The van der Waals surface area contributed by atoms with Gasteiger partial charge in [0.25, 0.3) is 6.33 Å². The average molecular weight is 419 g/mol. The number of carbonyl (C=O) groups is 1. The van der Waals surface area contributed by atoms with Gasteiger partial charge in [-0.05, 0) is 12.1 Å². The molecule has 1 aromatic carbocycles. The zero-order chi connectivity index (χ0) is 13.2. The van der Waals surface area contributed by atoms with Crippen LogP contribution in [0.2, 0.25) is 0 Å². The van der Waals surface area contributed by atoms with Gasteiger partial charge < -0.3 is 17.0 Å². The lowest BCUT2D eigenvalue weighted by molar-refractivity contribution is -0.684. The first-order valence-electron chi connectivity index (χ1n) is 6.02. The predicted octanol–water partition coefficient (Wildman–Crippen LogP) is -0.892. The van der Waals surface area contributed by atoms with E-state index in [1.165, 1.54) is 0 Å². The SMILES string of the molecule is O=C(C[n+]1cnn(C2CSC2)c1)c1ccc(Br)cc1.[Br-]. The monoisotopic (exact) mass is 417 g/mol. The van der Waals surface area contributed by atoms with E-state index in [1.54, 1.807) is 6.33 Å². The van der Waals surface area contributed by atoms with Gasteiger partial charge in [-0.15, -0.1) is 4.68 Å². The van der Waals surface area contributed by atoms with E-state index in [-0.39, 0.29) is 22.8 Å². The van der Waals surface area contributed by atoms with Crippen molar-refractivity contribution in [2.24, 2.45) is 0 Å². The summed E-state index contributed by atoms with van der Waals surface area (Å²) in [4.78, 5) is 12.1. The molecular weight excluding hydrogens is 406 g/mol. The van der Waals surface area contributed by atoms with Crippen molar-refractivity contribution in [3.8, 4) is 0 Å². The molecule has 0 unspecified atom stereocenters. The maximum atomic E-state index is 12.1. The fraction of sp³-hybridized carbons (Fsp3) is 0.308. The van der Waals surface area contributed by atoms with Crippen molar-refractivity contribution in [3.05, 3.63) is 47.0 Å². The molecule has 2 heterocycles. The number of benzene rings is 1. The van der Waals surface area contributed by atoms with Crippen LogP contribution < -0.4 is 21.5 Å². The number of aromatic nitrogens is 3. The van der Waals surface area contributed by atoms with Gasteiger partial charge in [-0.2, -0.15) is 11.8 Å². The van der Waals surface area contributed by atoms with Gasteiger partial charge in [0.1, 0.15) is 12.6 Å². The third kappa shape index (κ3) is 3.51. The van der Waals surface area contributed by atoms with Crippen molar-refractivity contribution in [1.82, 2.24) is 9.78 Å². The molecule has 0 bridgehead atoms. The highest BCUT2D eigenvalue weighted by atomic mass is 79.9. The van der Waals surface area contributed by atoms with E-state index in [9.17, 15) is 4.79 Å². The van der Waals surface area contributed by atoms with E-state index in [0.717, 1.165) is 21.5 Å². The highest BCUT2D eigenvalue weighted by molar-refractivity contribution is 9.10. The molecule has 1 fully saturated rings. The summed E-state index contributed by atoms with van der Waals surface area (Å²) in [5.74, 6) is 2.32. The number of carbonyl (C=O) groups excluding carboxylic acids is 1. The maximum absolute atomic E-state index is 12.1. The second kappa shape index (κ2) is 6.87. The second-order valence-electron chi connectivity index (χ2n) is 4.52. The molecule has 2 aromatic rings. The van der Waals surface area contributed by atoms with E-state index >= 15 is 0 Å². The molecule has 1 aliphatic heterocycles. The van der Waals surface area contributed by atoms with E-state index in [0.29, 0.717) is 12.6 Å². The Morgan fingerprint density at radius 2 is 2.10 bits per heavy atom. The molecule has 0 amide bonds. The third-order valence-electron chi connectivity index (χ3n) is 3.09. The minimum absolute atomic E-state index is 0. The Labute approximate surface area is 140 Å². The van der Waals surface area contributed by atoms with Gasteiger partial charge in [-0.3, -0.25) is 4.79 Å². The van der Waals surface area contributed by atoms with Gasteiger partial charge in [-0.1, -0.05) is 28.1 Å². The largest absolute Gasteiger partial charge is 1.00 e. The predicted molar refractivity (Wildman–Crippen MR) is 77.3 cm³/mol. The topological polar surface area (TPSA) is 38.8 Å². The zero-order valence-corrected chi connectivity index (χ0v) is 14.6. The quantitative estimate of drug-likeness (QED) is 0.477. The number of nitrogens with zero attached hydrogens (tertiary/aromatic N) is 3. The Morgan fingerprint density at radius 1 is 1.40 bits per heavy atom. The molecule has 106 valence electrons. The van der Waals surface area contributed by atoms with Crippen LogP contribution in [-0.4, -0.2) is 27.1 Å². The molecule has 1 saturated heterocycles. The van der Waals surface area contributed by atoms with E-state index < -0.39 is 0 Å². The minimum Gasteiger partial charge on any atom is -1.00 e. The van der Waals surface area contributed by atoms with E-state index in [4.69, 9.17) is 0 Å². The van der Waals surface area contributed by atoms with Gasteiger partial charge in [0.05, 0.1) is 0 Å². The molecule has 0 atom stereocenters. The molecule has 0 saturated carbocycles. The van der Waals surface area contributed by atoms with E-state index in [1.807, 2.05) is 51.6 Å². The summed E-state index contributed by atoms with van der Waals surface area (Å²) in [6.07, 6.45) is 3.64. The van der Waals surface area contributed by atoms with Crippen LogP contribution in [0.5, 0.6) is 0 Å². The summed E-state index contributed by atoms with van der Waals surface area (Å²) in [7, 11) is 0. The fourth-order valence-electron chi connectivity index (χ4n) is 1.88. The number of ketones is 1. The molecule has 1 aromatic heterocycles. The van der Waals surface area contributed by atoms with Crippen molar-refractivity contribution < 1.29 is 26.3 Å². The summed E-state index contributed by atoms with van der Waals surface area (Å²) in [5.41, 5.74) is 0.725. The van der Waals surface area contributed by atoms with Crippen LogP contribution in [0, 0.1) is 0 Å². The summed E-state index contributed by atoms with van der Waals surface area (Å²) >= 11 is 5.28. The van der Waals surface area contributed by atoms with Crippen molar-refractivity contribution in [1.29, 1.82) is 0 Å². The summed E-state index contributed by atoms with van der Waals surface area (Å²) in [5, 5.41) is 4.31. The third-order valence-corrected chi connectivity index (χ3v) is 4.86. The van der Waals surface area contributed by atoms with Crippen LogP contribution in [0.25, 0.3) is 0 Å². The lowest BCUT2D eigenvalue weighted by Gasteiger charge is -2.19. The fourth-order valence-corrected chi connectivity index (χ4v) is 2.89. The first kappa shape index (κ1) is 15.7. The first-order valence-corrected chi connectivity index (χ1v) is 7.97. The van der Waals surface area contributed by atoms with Gasteiger partial charge in [0.2, 0.25) is 6.33 Å². The van der Waals surface area contributed by atoms with Crippen molar-refractivity contribution >= 4 is 33.5 Å². The van der Waals surface area contributed by atoms with Crippen molar-refractivity contribution in [3.63, 3.8) is 0 Å². The summed E-state index contributed by atoms with van der Waals surface area (Å²) in [6.45, 7) is 0.335. The molecule has 0 spiro atoms. The van der Waals surface area contributed by atoms with Crippen LogP contribution in [0.4, 0.5) is 0 Å². The lowest BCUT2D eigenvalue weighted by Crippen LogP contribution is -3.00. The van der Waals surface area contributed by atoms with Gasteiger partial charge in [0.15, 0.2) is 5.78 Å². The molecular formula is C13H13Br2N3OS. The van der Waals surface area contributed by atoms with Crippen molar-refractivity contribution in [2.45, 2.75) is 12.6 Å². The lowest BCUT2D eigenvalue weighted by atomic mass is 10.1. The number of thioether (sulfide) groups is 1. The van der Waals surface area contributed by atoms with Gasteiger partial charge >= 0.3 is 0 Å². The van der Waals surface area contributed by atoms with Crippen molar-refractivity contribution in [2.75, 3.05) is 11.5 Å². The average Bonchev–Trinajstić information content (AvgIpc) is 2.76. The smallest absolute Gasteiger partial charge is 0.265 e. The molecule has 7 heteroatoms. The Hall–Kier alpha value is -0.660. The highest BCUT2D eigenvalue weighted by Crippen LogP contribution is 2.27. The number of hydrogen-bond donors (Lipinski definition) is 0. The summed E-state index contributed by atoms with van der Waals surface area (Å²) in [6, 6.07) is 7.92. The maximum Gasteiger partial charge on any atom is 0.265 e. The van der Waals surface area contributed by atoms with Gasteiger partial charge in [-0.25, -0.2) is 4.57 Å². The van der Waals surface area contributed by atoms with Crippen LogP contribution in [0.1, 0.15) is 16.4 Å². The van der Waals surface area contributed by atoms with E-state index in [2.05, 4.69) is 21.0 Å². The normalized spacial score (nSPS) is 14.4. The highest BCUT2D eigenvalue weighted by Gasteiger charge is 2.26. The number of hydrogen-bond acceptors (Lipinski definition) is 3. The molecule has 0 radical (unpaired) electrons. The number of halogens is 2. The molecule has 4 nitrogen and oxygen atoms in total. The van der Waals surface area contributed by atoms with Crippen LogP contribution in [0.15, 0.2) is 41.4 Å². The zero-order valence-electron chi connectivity index (χ0n) is 10.6. The molecule has 1 aliphatic rings.